The summed E-state index contributed by atoms with van der Waals surface area (Å²) < 4.78 is 0. The van der Waals surface area contributed by atoms with E-state index < -0.39 is 0 Å². The van der Waals surface area contributed by atoms with E-state index in [-0.39, 0.29) is 0 Å². The van der Waals surface area contributed by atoms with Crippen molar-refractivity contribution >= 4 is 5.82 Å². The third-order valence-corrected chi connectivity index (χ3v) is 2.64. The predicted octanol–water partition coefficient (Wildman–Crippen LogP) is 2.52. The molecule has 0 bridgehead atoms. The molecule has 18 heavy (non-hydrogen) atoms. The SMILES string of the molecule is CCc1cc(NCc2ccc(C#N)cc2)ncn1. The van der Waals surface area contributed by atoms with Crippen LogP contribution in [0.4, 0.5) is 5.82 Å². The summed E-state index contributed by atoms with van der Waals surface area (Å²) in [5, 5.41) is 12.0. The number of nitriles is 1. The minimum atomic E-state index is 0.675. The Bertz CT molecular complexity index is 555. The van der Waals surface area contributed by atoms with Crippen LogP contribution in [0.5, 0.6) is 0 Å². The maximum Gasteiger partial charge on any atom is 0.129 e. The molecule has 1 N–H and O–H groups in total. The van der Waals surface area contributed by atoms with E-state index in [1.165, 1.54) is 0 Å². The lowest BCUT2D eigenvalue weighted by Gasteiger charge is -2.06. The van der Waals surface area contributed by atoms with Gasteiger partial charge in [-0.15, -0.1) is 0 Å². The molecule has 0 fully saturated rings. The highest BCUT2D eigenvalue weighted by Gasteiger charge is 1.98. The van der Waals surface area contributed by atoms with Gasteiger partial charge in [0.25, 0.3) is 0 Å². The van der Waals surface area contributed by atoms with Crippen molar-refractivity contribution in [1.29, 1.82) is 5.26 Å². The smallest absolute Gasteiger partial charge is 0.129 e. The van der Waals surface area contributed by atoms with Gasteiger partial charge in [0.05, 0.1) is 11.6 Å². The van der Waals surface area contributed by atoms with Crippen LogP contribution in [0, 0.1) is 11.3 Å². The number of nitrogens with zero attached hydrogens (tertiary/aromatic N) is 3. The fraction of sp³-hybridized carbons (Fsp3) is 0.214. The Morgan fingerprint density at radius 2 is 2.00 bits per heavy atom. The summed E-state index contributed by atoms with van der Waals surface area (Å²) in [5.41, 5.74) is 2.81. The van der Waals surface area contributed by atoms with Crippen molar-refractivity contribution < 1.29 is 0 Å². The molecule has 0 unspecified atom stereocenters. The molecule has 2 rings (SSSR count). The number of benzene rings is 1. The Labute approximate surface area is 106 Å². The molecule has 0 saturated carbocycles. The minimum absolute atomic E-state index is 0.675. The first-order valence-corrected chi connectivity index (χ1v) is 5.85. The quantitative estimate of drug-likeness (QED) is 0.889. The van der Waals surface area contributed by atoms with Crippen LogP contribution in [0.3, 0.4) is 0 Å². The molecule has 2 aromatic rings. The van der Waals surface area contributed by atoms with Gasteiger partial charge in [0, 0.05) is 18.3 Å². The molecule has 1 heterocycles. The van der Waals surface area contributed by atoms with Crippen molar-refractivity contribution in [3.05, 3.63) is 53.5 Å². The Morgan fingerprint density at radius 1 is 1.22 bits per heavy atom. The highest BCUT2D eigenvalue weighted by Crippen LogP contribution is 2.08. The summed E-state index contributed by atoms with van der Waals surface area (Å²) in [6.45, 7) is 2.75. The Kier molecular flexibility index (Phi) is 3.87. The normalized spacial score (nSPS) is 9.78. The molecule has 0 atom stereocenters. The van der Waals surface area contributed by atoms with Gasteiger partial charge >= 0.3 is 0 Å². The first-order valence-electron chi connectivity index (χ1n) is 5.85. The first-order chi connectivity index (χ1) is 8.81. The third-order valence-electron chi connectivity index (χ3n) is 2.64. The van der Waals surface area contributed by atoms with E-state index in [0.717, 1.165) is 23.5 Å². The number of aryl methyl sites for hydroxylation is 1. The standard InChI is InChI=1S/C14H14N4/c1-2-13-7-14(18-10-17-13)16-9-12-5-3-11(8-15)4-6-12/h3-7,10H,2,9H2,1H3,(H,16,17,18). The van der Waals surface area contributed by atoms with Crippen LogP contribution in [0.2, 0.25) is 0 Å². The van der Waals surface area contributed by atoms with Crippen LogP contribution in [0.25, 0.3) is 0 Å². The first kappa shape index (κ1) is 12.1. The van der Waals surface area contributed by atoms with E-state index in [1.54, 1.807) is 6.33 Å². The number of rotatable bonds is 4. The Hall–Kier alpha value is -2.41. The van der Waals surface area contributed by atoms with E-state index in [2.05, 4.69) is 28.3 Å². The maximum absolute atomic E-state index is 8.71. The molecule has 0 aliphatic rings. The fourth-order valence-electron chi connectivity index (χ4n) is 1.58. The summed E-state index contributed by atoms with van der Waals surface area (Å²) in [6.07, 6.45) is 2.47. The van der Waals surface area contributed by atoms with Gasteiger partial charge in [0.1, 0.15) is 12.1 Å². The fourth-order valence-corrected chi connectivity index (χ4v) is 1.58. The van der Waals surface area contributed by atoms with Crippen molar-refractivity contribution in [1.82, 2.24) is 9.97 Å². The molecule has 0 saturated heterocycles. The van der Waals surface area contributed by atoms with Crippen molar-refractivity contribution in [2.75, 3.05) is 5.32 Å². The Morgan fingerprint density at radius 3 is 2.67 bits per heavy atom. The van der Waals surface area contributed by atoms with E-state index in [0.29, 0.717) is 12.1 Å². The van der Waals surface area contributed by atoms with Crippen LogP contribution in [0.1, 0.15) is 23.7 Å². The average molecular weight is 238 g/mol. The van der Waals surface area contributed by atoms with Gasteiger partial charge in [-0.05, 0) is 24.1 Å². The van der Waals surface area contributed by atoms with Crippen LogP contribution in [-0.2, 0) is 13.0 Å². The molecule has 0 aliphatic heterocycles. The predicted molar refractivity (Wildman–Crippen MR) is 69.9 cm³/mol. The maximum atomic E-state index is 8.71. The highest BCUT2D eigenvalue weighted by atomic mass is 15.0. The average Bonchev–Trinajstić information content (AvgIpc) is 2.46. The number of hydrogen-bond donors (Lipinski definition) is 1. The zero-order chi connectivity index (χ0) is 12.8. The molecule has 0 radical (unpaired) electrons. The van der Waals surface area contributed by atoms with Crippen LogP contribution < -0.4 is 5.32 Å². The highest BCUT2D eigenvalue weighted by molar-refractivity contribution is 5.37. The van der Waals surface area contributed by atoms with E-state index in [4.69, 9.17) is 5.26 Å². The molecular weight excluding hydrogens is 224 g/mol. The molecular formula is C14H14N4. The monoisotopic (exact) mass is 238 g/mol. The van der Waals surface area contributed by atoms with E-state index in [1.807, 2.05) is 30.3 Å². The van der Waals surface area contributed by atoms with Gasteiger partial charge in [-0.2, -0.15) is 5.26 Å². The van der Waals surface area contributed by atoms with Gasteiger partial charge in [-0.25, -0.2) is 9.97 Å². The topological polar surface area (TPSA) is 61.6 Å². The number of hydrogen-bond acceptors (Lipinski definition) is 4. The lowest BCUT2D eigenvalue weighted by molar-refractivity contribution is 0.986. The second-order valence-electron chi connectivity index (χ2n) is 3.91. The summed E-state index contributed by atoms with van der Waals surface area (Å²) in [7, 11) is 0. The molecule has 1 aromatic heterocycles. The van der Waals surface area contributed by atoms with Crippen LogP contribution in [0.15, 0.2) is 36.7 Å². The number of anilines is 1. The van der Waals surface area contributed by atoms with Gasteiger partial charge in [0.2, 0.25) is 0 Å². The minimum Gasteiger partial charge on any atom is -0.366 e. The largest absolute Gasteiger partial charge is 0.366 e. The molecule has 1 aromatic carbocycles. The number of nitrogens with one attached hydrogen (secondary N) is 1. The molecule has 0 amide bonds. The van der Waals surface area contributed by atoms with Crippen molar-refractivity contribution in [2.45, 2.75) is 19.9 Å². The summed E-state index contributed by atoms with van der Waals surface area (Å²) in [5.74, 6) is 0.825. The molecule has 4 heteroatoms. The van der Waals surface area contributed by atoms with Crippen molar-refractivity contribution in [3.63, 3.8) is 0 Å². The van der Waals surface area contributed by atoms with Crippen molar-refractivity contribution in [2.24, 2.45) is 0 Å². The molecule has 0 aliphatic carbocycles. The summed E-state index contributed by atoms with van der Waals surface area (Å²) >= 11 is 0. The third kappa shape index (κ3) is 3.05. The molecule has 4 nitrogen and oxygen atoms in total. The zero-order valence-corrected chi connectivity index (χ0v) is 10.2. The molecule has 90 valence electrons. The second kappa shape index (κ2) is 5.78. The van der Waals surface area contributed by atoms with E-state index in [9.17, 15) is 0 Å². The van der Waals surface area contributed by atoms with Gasteiger partial charge < -0.3 is 5.32 Å². The summed E-state index contributed by atoms with van der Waals surface area (Å²) in [4.78, 5) is 8.31. The zero-order valence-electron chi connectivity index (χ0n) is 10.2. The van der Waals surface area contributed by atoms with Crippen LogP contribution in [-0.4, -0.2) is 9.97 Å². The molecule has 0 spiro atoms. The van der Waals surface area contributed by atoms with Gasteiger partial charge in [-0.3, -0.25) is 0 Å². The number of aromatic nitrogens is 2. The van der Waals surface area contributed by atoms with E-state index >= 15 is 0 Å². The summed E-state index contributed by atoms with van der Waals surface area (Å²) in [6, 6.07) is 11.6. The van der Waals surface area contributed by atoms with Gasteiger partial charge in [-0.1, -0.05) is 19.1 Å². The Balaban J connectivity index is 2.00. The lowest BCUT2D eigenvalue weighted by atomic mass is 10.1. The van der Waals surface area contributed by atoms with Crippen molar-refractivity contribution in [3.8, 4) is 6.07 Å². The van der Waals surface area contributed by atoms with Crippen LogP contribution >= 0.6 is 0 Å². The van der Waals surface area contributed by atoms with Gasteiger partial charge in [0.15, 0.2) is 0 Å². The lowest BCUT2D eigenvalue weighted by Crippen LogP contribution is -2.02. The second-order valence-corrected chi connectivity index (χ2v) is 3.91.